The van der Waals surface area contributed by atoms with Gasteiger partial charge in [0, 0.05) is 5.56 Å². The molecule has 0 N–H and O–H groups in total. The summed E-state index contributed by atoms with van der Waals surface area (Å²) >= 11 is 0. The molecule has 0 aliphatic carbocycles. The normalized spacial score (nSPS) is 11.2. The first-order valence-corrected chi connectivity index (χ1v) is 6.26. The number of halogens is 2. The van der Waals surface area contributed by atoms with Gasteiger partial charge >= 0.3 is 0 Å². The van der Waals surface area contributed by atoms with Crippen molar-refractivity contribution in [3.8, 4) is 5.75 Å². The Hall–Kier alpha value is -2.43. The lowest BCUT2D eigenvalue weighted by Crippen LogP contribution is -2.27. The number of carbonyl (C=O) groups excluding carboxylic acids is 1. The third kappa shape index (κ3) is 3.18. The van der Waals surface area contributed by atoms with Gasteiger partial charge in [-0.2, -0.15) is 4.39 Å². The fourth-order valence-corrected chi connectivity index (χ4v) is 1.93. The number of carbonyl (C=O) groups is 1. The molecule has 2 rings (SSSR count). The van der Waals surface area contributed by atoms with Gasteiger partial charge in [-0.3, -0.25) is 0 Å². The van der Waals surface area contributed by atoms with Crippen LogP contribution in [0.2, 0.25) is 0 Å². The van der Waals surface area contributed by atoms with Crippen molar-refractivity contribution in [2.75, 3.05) is 0 Å². The SMILES string of the molecule is CC(C)(Oc1cc(C(=O)[O-])cc(F)c1F)c1ccccc1. The number of carboxylic acids is 1. The smallest absolute Gasteiger partial charge is 0.200 e. The van der Waals surface area contributed by atoms with Crippen molar-refractivity contribution in [2.24, 2.45) is 0 Å². The minimum absolute atomic E-state index is 0.469. The van der Waals surface area contributed by atoms with Crippen LogP contribution in [0.1, 0.15) is 29.8 Å². The first kappa shape index (κ1) is 15.0. The molecule has 0 aliphatic heterocycles. The van der Waals surface area contributed by atoms with Crippen molar-refractivity contribution in [3.63, 3.8) is 0 Å². The van der Waals surface area contributed by atoms with Crippen LogP contribution in [0.25, 0.3) is 0 Å². The van der Waals surface area contributed by atoms with Crippen LogP contribution in [-0.4, -0.2) is 5.97 Å². The number of carboxylic acid groups (broad SMARTS) is 1. The van der Waals surface area contributed by atoms with E-state index in [9.17, 15) is 18.7 Å². The monoisotopic (exact) mass is 291 g/mol. The molecule has 0 saturated heterocycles. The topological polar surface area (TPSA) is 49.4 Å². The summed E-state index contributed by atoms with van der Waals surface area (Å²) in [7, 11) is 0. The molecule has 2 aromatic carbocycles. The molecular weight excluding hydrogens is 278 g/mol. The van der Waals surface area contributed by atoms with Crippen molar-refractivity contribution in [3.05, 3.63) is 65.2 Å². The molecule has 0 heterocycles. The van der Waals surface area contributed by atoms with E-state index in [1.165, 1.54) is 0 Å². The second-order valence-corrected chi connectivity index (χ2v) is 5.04. The van der Waals surface area contributed by atoms with Crippen molar-refractivity contribution in [1.82, 2.24) is 0 Å². The molecule has 3 nitrogen and oxygen atoms in total. The number of benzene rings is 2. The molecule has 0 aromatic heterocycles. The molecule has 21 heavy (non-hydrogen) atoms. The molecule has 110 valence electrons. The van der Waals surface area contributed by atoms with Gasteiger partial charge in [-0.05, 0) is 31.5 Å². The lowest BCUT2D eigenvalue weighted by molar-refractivity contribution is -0.255. The van der Waals surface area contributed by atoms with Crippen LogP contribution in [0.15, 0.2) is 42.5 Å². The third-order valence-electron chi connectivity index (χ3n) is 3.06. The average molecular weight is 291 g/mol. The molecule has 0 fully saturated rings. The van der Waals surface area contributed by atoms with Gasteiger partial charge in [0.1, 0.15) is 5.60 Å². The van der Waals surface area contributed by atoms with Crippen molar-refractivity contribution in [1.29, 1.82) is 0 Å². The van der Waals surface area contributed by atoms with Crippen molar-refractivity contribution in [2.45, 2.75) is 19.4 Å². The standard InChI is InChI=1S/C16H14F2O3/c1-16(2,11-6-4-3-5-7-11)21-13-9-10(15(19)20)8-12(17)14(13)18/h3-9H,1-2H3,(H,19,20)/p-1. The van der Waals surface area contributed by atoms with Gasteiger partial charge in [-0.25, -0.2) is 4.39 Å². The van der Waals surface area contributed by atoms with Crippen LogP contribution in [0.5, 0.6) is 5.75 Å². The maximum absolute atomic E-state index is 13.8. The lowest BCUT2D eigenvalue weighted by Gasteiger charge is -2.27. The van der Waals surface area contributed by atoms with E-state index in [0.717, 1.165) is 11.6 Å². The van der Waals surface area contributed by atoms with Gasteiger partial charge in [-0.1, -0.05) is 30.3 Å². The molecule has 0 radical (unpaired) electrons. The highest BCUT2D eigenvalue weighted by Gasteiger charge is 2.25. The van der Waals surface area contributed by atoms with E-state index in [1.54, 1.807) is 38.1 Å². The second-order valence-electron chi connectivity index (χ2n) is 5.04. The van der Waals surface area contributed by atoms with E-state index in [4.69, 9.17) is 4.74 Å². The number of rotatable bonds is 4. The van der Waals surface area contributed by atoms with Crippen LogP contribution in [0.3, 0.4) is 0 Å². The van der Waals surface area contributed by atoms with Gasteiger partial charge < -0.3 is 14.6 Å². The summed E-state index contributed by atoms with van der Waals surface area (Å²) in [6.45, 7) is 3.34. The summed E-state index contributed by atoms with van der Waals surface area (Å²) in [6.07, 6.45) is 0. The van der Waals surface area contributed by atoms with Crippen molar-refractivity contribution >= 4 is 5.97 Å². The Morgan fingerprint density at radius 1 is 1.14 bits per heavy atom. The highest BCUT2D eigenvalue weighted by molar-refractivity contribution is 5.86. The Morgan fingerprint density at radius 2 is 1.76 bits per heavy atom. The first-order valence-electron chi connectivity index (χ1n) is 6.26. The van der Waals surface area contributed by atoms with Crippen LogP contribution in [0, 0.1) is 11.6 Å². The van der Waals surface area contributed by atoms with E-state index in [0.29, 0.717) is 6.07 Å². The van der Waals surface area contributed by atoms with Crippen LogP contribution in [0.4, 0.5) is 8.78 Å². The lowest BCUT2D eigenvalue weighted by atomic mass is 9.98. The van der Waals surface area contributed by atoms with Gasteiger partial charge in [0.15, 0.2) is 11.6 Å². The second kappa shape index (κ2) is 5.52. The van der Waals surface area contributed by atoms with Gasteiger partial charge in [0.25, 0.3) is 0 Å². The first-order chi connectivity index (χ1) is 9.81. The molecule has 0 saturated carbocycles. The molecule has 0 spiro atoms. The van der Waals surface area contributed by atoms with Crippen LogP contribution < -0.4 is 9.84 Å². The Bertz CT molecular complexity index is 667. The molecule has 2 aromatic rings. The molecule has 0 bridgehead atoms. The Labute approximate surface area is 120 Å². The summed E-state index contributed by atoms with van der Waals surface area (Å²) in [5, 5.41) is 10.8. The zero-order valence-corrected chi connectivity index (χ0v) is 11.5. The van der Waals surface area contributed by atoms with Crippen LogP contribution in [-0.2, 0) is 5.60 Å². The zero-order valence-electron chi connectivity index (χ0n) is 11.5. The Balaban J connectivity index is 2.41. The zero-order chi connectivity index (χ0) is 15.6. The highest BCUT2D eigenvalue weighted by atomic mass is 19.2. The molecule has 0 amide bonds. The number of hydrogen-bond donors (Lipinski definition) is 0. The quantitative estimate of drug-likeness (QED) is 0.870. The van der Waals surface area contributed by atoms with E-state index < -0.39 is 34.5 Å². The summed E-state index contributed by atoms with van der Waals surface area (Å²) in [5.74, 6) is -4.60. The van der Waals surface area contributed by atoms with E-state index in [2.05, 4.69) is 0 Å². The van der Waals surface area contributed by atoms with Gasteiger partial charge in [-0.15, -0.1) is 0 Å². The molecule has 0 unspecified atom stereocenters. The van der Waals surface area contributed by atoms with Crippen molar-refractivity contribution < 1.29 is 23.4 Å². The molecular formula is C16H13F2O3-. The minimum Gasteiger partial charge on any atom is -0.545 e. The highest BCUT2D eigenvalue weighted by Crippen LogP contribution is 2.31. The predicted molar refractivity (Wildman–Crippen MR) is 70.8 cm³/mol. The Morgan fingerprint density at radius 3 is 2.33 bits per heavy atom. The average Bonchev–Trinajstić information content (AvgIpc) is 2.44. The maximum Gasteiger partial charge on any atom is 0.200 e. The minimum atomic E-state index is -1.60. The van der Waals surface area contributed by atoms with E-state index in [-0.39, 0.29) is 0 Å². The molecule has 0 atom stereocenters. The largest absolute Gasteiger partial charge is 0.545 e. The summed E-state index contributed by atoms with van der Waals surface area (Å²) in [5.41, 5.74) is -0.699. The summed E-state index contributed by atoms with van der Waals surface area (Å²) in [6, 6.07) is 10.4. The third-order valence-corrected chi connectivity index (χ3v) is 3.06. The fourth-order valence-electron chi connectivity index (χ4n) is 1.93. The van der Waals surface area contributed by atoms with E-state index >= 15 is 0 Å². The molecule has 5 heteroatoms. The van der Waals surface area contributed by atoms with Gasteiger partial charge in [0.2, 0.25) is 5.82 Å². The van der Waals surface area contributed by atoms with Crippen LogP contribution >= 0.6 is 0 Å². The summed E-state index contributed by atoms with van der Waals surface area (Å²) in [4.78, 5) is 10.8. The number of aromatic carboxylic acids is 1. The summed E-state index contributed by atoms with van der Waals surface area (Å²) < 4.78 is 32.7. The predicted octanol–water partition coefficient (Wildman–Crippen LogP) is 2.64. The maximum atomic E-state index is 13.8. The van der Waals surface area contributed by atoms with Gasteiger partial charge in [0.05, 0.1) is 5.97 Å². The number of ether oxygens (including phenoxy) is 1. The Kier molecular flexibility index (Phi) is 3.93. The fraction of sp³-hybridized carbons (Fsp3) is 0.188. The van der Waals surface area contributed by atoms with E-state index in [1.807, 2.05) is 6.07 Å². The number of hydrogen-bond acceptors (Lipinski definition) is 3. The molecule has 0 aliphatic rings.